The zero-order valence-electron chi connectivity index (χ0n) is 15.3. The van der Waals surface area contributed by atoms with Gasteiger partial charge in [-0.15, -0.1) is 0 Å². The number of piperazine rings is 1. The topological polar surface area (TPSA) is 59.1 Å². The Bertz CT molecular complexity index is 647. The summed E-state index contributed by atoms with van der Waals surface area (Å²) in [6.45, 7) is 6.10. The van der Waals surface area contributed by atoms with Crippen molar-refractivity contribution in [3.8, 4) is 11.5 Å². The highest BCUT2D eigenvalue weighted by atomic mass is 16.5. The first-order valence-corrected chi connectivity index (χ1v) is 8.44. The molecule has 6 heteroatoms. The van der Waals surface area contributed by atoms with E-state index in [1.807, 2.05) is 30.9 Å². The van der Waals surface area contributed by atoms with E-state index in [4.69, 9.17) is 9.47 Å². The molecule has 2 amide bonds. The number of carbonyl (C=O) groups excluding carboxylic acids is 2. The fourth-order valence-electron chi connectivity index (χ4n) is 2.74. The summed E-state index contributed by atoms with van der Waals surface area (Å²) in [5.74, 6) is 1.36. The molecular weight excluding hydrogens is 320 g/mol. The third kappa shape index (κ3) is 4.75. The van der Waals surface area contributed by atoms with Crippen LogP contribution in [-0.2, 0) is 9.59 Å². The second-order valence-corrected chi connectivity index (χ2v) is 6.25. The van der Waals surface area contributed by atoms with Crippen molar-refractivity contribution in [2.45, 2.75) is 13.8 Å². The lowest BCUT2D eigenvalue weighted by Gasteiger charge is -2.35. The summed E-state index contributed by atoms with van der Waals surface area (Å²) in [6, 6.07) is 5.49. The second kappa shape index (κ2) is 8.55. The van der Waals surface area contributed by atoms with Crippen molar-refractivity contribution in [3.05, 3.63) is 29.8 Å². The predicted octanol–water partition coefficient (Wildman–Crippen LogP) is 2.04. The minimum absolute atomic E-state index is 0.00722. The Kier molecular flexibility index (Phi) is 6.44. The number of benzene rings is 1. The highest BCUT2D eigenvalue weighted by Crippen LogP contribution is 2.28. The zero-order chi connectivity index (χ0) is 18.4. The van der Waals surface area contributed by atoms with Crippen molar-refractivity contribution in [2.24, 2.45) is 5.92 Å². The molecule has 136 valence electrons. The first kappa shape index (κ1) is 18.8. The molecule has 2 rings (SSSR count). The summed E-state index contributed by atoms with van der Waals surface area (Å²) < 4.78 is 10.5. The molecule has 0 aliphatic carbocycles. The molecule has 0 radical (unpaired) electrons. The lowest BCUT2D eigenvalue weighted by molar-refractivity contribution is -0.139. The van der Waals surface area contributed by atoms with E-state index in [1.165, 1.54) is 0 Å². The van der Waals surface area contributed by atoms with Gasteiger partial charge < -0.3 is 19.3 Å². The molecule has 0 saturated carbocycles. The molecule has 1 heterocycles. The molecule has 1 aromatic carbocycles. The van der Waals surface area contributed by atoms with E-state index < -0.39 is 0 Å². The van der Waals surface area contributed by atoms with Gasteiger partial charge in [0.1, 0.15) is 0 Å². The smallest absolute Gasteiger partial charge is 0.246 e. The molecule has 1 saturated heterocycles. The molecule has 1 fully saturated rings. The lowest BCUT2D eigenvalue weighted by Crippen LogP contribution is -2.51. The molecule has 0 bridgehead atoms. The fourth-order valence-corrected chi connectivity index (χ4v) is 2.74. The molecule has 25 heavy (non-hydrogen) atoms. The van der Waals surface area contributed by atoms with E-state index in [2.05, 4.69) is 0 Å². The van der Waals surface area contributed by atoms with Gasteiger partial charge in [0.05, 0.1) is 14.2 Å². The lowest BCUT2D eigenvalue weighted by atomic mass is 10.1. The SMILES string of the molecule is COc1ccc(/C=C/C(=O)N2CCN(C(=O)C(C)C)CC2)cc1OC. The molecule has 1 aromatic rings. The van der Waals surface area contributed by atoms with Crippen molar-refractivity contribution >= 4 is 17.9 Å². The Morgan fingerprint density at radius 1 is 1.00 bits per heavy atom. The van der Waals surface area contributed by atoms with Gasteiger partial charge in [0, 0.05) is 38.2 Å². The fraction of sp³-hybridized carbons (Fsp3) is 0.474. The van der Waals surface area contributed by atoms with Gasteiger partial charge in [0.25, 0.3) is 0 Å². The number of amides is 2. The van der Waals surface area contributed by atoms with Crippen LogP contribution in [-0.4, -0.2) is 62.0 Å². The maximum Gasteiger partial charge on any atom is 0.246 e. The van der Waals surface area contributed by atoms with Gasteiger partial charge in [-0.3, -0.25) is 9.59 Å². The van der Waals surface area contributed by atoms with Crippen LogP contribution in [0.4, 0.5) is 0 Å². The Labute approximate surface area is 149 Å². The molecule has 1 aliphatic rings. The predicted molar refractivity (Wildman–Crippen MR) is 96.6 cm³/mol. The zero-order valence-corrected chi connectivity index (χ0v) is 15.3. The number of rotatable bonds is 5. The summed E-state index contributed by atoms with van der Waals surface area (Å²) in [4.78, 5) is 27.9. The van der Waals surface area contributed by atoms with E-state index in [0.717, 1.165) is 5.56 Å². The summed E-state index contributed by atoms with van der Waals surface area (Å²) in [6.07, 6.45) is 3.32. The summed E-state index contributed by atoms with van der Waals surface area (Å²) in [7, 11) is 3.16. The largest absolute Gasteiger partial charge is 0.493 e. The van der Waals surface area contributed by atoms with E-state index in [1.54, 1.807) is 37.3 Å². The van der Waals surface area contributed by atoms with E-state index in [0.29, 0.717) is 37.7 Å². The first-order valence-electron chi connectivity index (χ1n) is 8.44. The Morgan fingerprint density at radius 3 is 2.16 bits per heavy atom. The van der Waals surface area contributed by atoms with Gasteiger partial charge in [-0.25, -0.2) is 0 Å². The molecule has 0 spiro atoms. The average molecular weight is 346 g/mol. The highest BCUT2D eigenvalue weighted by Gasteiger charge is 2.24. The monoisotopic (exact) mass is 346 g/mol. The van der Waals surface area contributed by atoms with E-state index in [-0.39, 0.29) is 17.7 Å². The number of nitrogens with zero attached hydrogens (tertiary/aromatic N) is 2. The number of carbonyl (C=O) groups is 2. The minimum atomic E-state index is -0.0496. The minimum Gasteiger partial charge on any atom is -0.493 e. The van der Waals surface area contributed by atoms with Gasteiger partial charge in [-0.1, -0.05) is 19.9 Å². The third-order valence-corrected chi connectivity index (χ3v) is 4.22. The van der Waals surface area contributed by atoms with Crippen molar-refractivity contribution in [1.82, 2.24) is 9.80 Å². The van der Waals surface area contributed by atoms with Gasteiger partial charge in [-0.2, -0.15) is 0 Å². The van der Waals surface area contributed by atoms with Crippen molar-refractivity contribution in [2.75, 3.05) is 40.4 Å². The Balaban J connectivity index is 1.94. The number of hydrogen-bond acceptors (Lipinski definition) is 4. The van der Waals surface area contributed by atoms with E-state index >= 15 is 0 Å². The average Bonchev–Trinajstić information content (AvgIpc) is 2.65. The molecule has 0 aromatic heterocycles. The van der Waals surface area contributed by atoms with Gasteiger partial charge in [0.15, 0.2) is 11.5 Å². The van der Waals surface area contributed by atoms with Crippen LogP contribution in [0.25, 0.3) is 6.08 Å². The van der Waals surface area contributed by atoms with Crippen LogP contribution in [0.5, 0.6) is 11.5 Å². The van der Waals surface area contributed by atoms with Crippen molar-refractivity contribution < 1.29 is 19.1 Å². The molecule has 1 aliphatic heterocycles. The van der Waals surface area contributed by atoms with Crippen LogP contribution in [0.2, 0.25) is 0 Å². The standard InChI is InChI=1S/C19H26N2O4/c1-14(2)19(23)21-11-9-20(10-12-21)18(22)8-6-15-5-7-16(24-3)17(13-15)25-4/h5-8,13-14H,9-12H2,1-4H3/b8-6+. The Hall–Kier alpha value is -2.50. The number of hydrogen-bond donors (Lipinski definition) is 0. The summed E-state index contributed by atoms with van der Waals surface area (Å²) >= 11 is 0. The number of ether oxygens (including phenoxy) is 2. The van der Waals surface area contributed by atoms with Crippen LogP contribution >= 0.6 is 0 Å². The van der Waals surface area contributed by atoms with Crippen LogP contribution < -0.4 is 9.47 Å². The van der Waals surface area contributed by atoms with Crippen LogP contribution in [0.1, 0.15) is 19.4 Å². The highest BCUT2D eigenvalue weighted by molar-refractivity contribution is 5.92. The van der Waals surface area contributed by atoms with Gasteiger partial charge >= 0.3 is 0 Å². The first-order chi connectivity index (χ1) is 12.0. The van der Waals surface area contributed by atoms with Gasteiger partial charge in [0.2, 0.25) is 11.8 Å². The quantitative estimate of drug-likeness (QED) is 0.766. The van der Waals surface area contributed by atoms with Crippen molar-refractivity contribution in [3.63, 3.8) is 0 Å². The summed E-state index contributed by atoms with van der Waals surface area (Å²) in [5, 5.41) is 0. The van der Waals surface area contributed by atoms with Gasteiger partial charge in [-0.05, 0) is 23.8 Å². The second-order valence-electron chi connectivity index (χ2n) is 6.25. The molecule has 0 atom stereocenters. The Morgan fingerprint density at radius 2 is 1.60 bits per heavy atom. The van der Waals surface area contributed by atoms with E-state index in [9.17, 15) is 9.59 Å². The van der Waals surface area contributed by atoms with Crippen LogP contribution in [0.15, 0.2) is 24.3 Å². The molecule has 6 nitrogen and oxygen atoms in total. The van der Waals surface area contributed by atoms with Crippen molar-refractivity contribution in [1.29, 1.82) is 0 Å². The van der Waals surface area contributed by atoms with Crippen LogP contribution in [0.3, 0.4) is 0 Å². The summed E-state index contributed by atoms with van der Waals surface area (Å²) in [5.41, 5.74) is 0.861. The molecule has 0 N–H and O–H groups in total. The molecule has 0 unspecified atom stereocenters. The maximum absolute atomic E-state index is 12.3. The maximum atomic E-state index is 12.3. The molecular formula is C19H26N2O4. The number of methoxy groups -OCH3 is 2. The third-order valence-electron chi connectivity index (χ3n) is 4.22. The normalized spacial score (nSPS) is 14.9. The van der Waals surface area contributed by atoms with Crippen LogP contribution in [0, 0.1) is 5.92 Å².